The van der Waals surface area contributed by atoms with Gasteiger partial charge in [-0.1, -0.05) is 30.3 Å². The molecule has 1 aromatic carbocycles. The van der Waals surface area contributed by atoms with Crippen LogP contribution in [0.4, 0.5) is 10.5 Å². The van der Waals surface area contributed by atoms with Crippen LogP contribution in [0.25, 0.3) is 0 Å². The molecule has 4 nitrogen and oxygen atoms in total. The molecule has 2 rings (SSSR count). The number of carbonyl (C=O) groups excluding carboxylic acids is 1. The molecule has 0 bridgehead atoms. The topological polar surface area (TPSA) is 54.0 Å². The predicted molar refractivity (Wildman–Crippen MR) is 75.9 cm³/mol. The third-order valence-electron chi connectivity index (χ3n) is 2.84. The Bertz CT molecular complexity index is 538. The van der Waals surface area contributed by atoms with Gasteiger partial charge in [0.05, 0.1) is 17.4 Å². The van der Waals surface area contributed by atoms with Crippen LogP contribution in [0.3, 0.4) is 0 Å². The number of amides is 2. The van der Waals surface area contributed by atoms with Gasteiger partial charge in [0.15, 0.2) is 0 Å². The Morgan fingerprint density at radius 1 is 1.11 bits per heavy atom. The molecular weight excluding hydrogens is 238 g/mol. The largest absolute Gasteiger partial charge is 0.329 e. The molecule has 4 heteroatoms. The second-order valence-corrected chi connectivity index (χ2v) is 4.81. The summed E-state index contributed by atoms with van der Waals surface area (Å²) in [7, 11) is 0. The van der Waals surface area contributed by atoms with Gasteiger partial charge in [-0.3, -0.25) is 4.98 Å². The fourth-order valence-corrected chi connectivity index (χ4v) is 1.81. The van der Waals surface area contributed by atoms with E-state index in [1.165, 1.54) is 0 Å². The molecule has 19 heavy (non-hydrogen) atoms. The van der Waals surface area contributed by atoms with Crippen molar-refractivity contribution in [3.05, 3.63) is 60.4 Å². The van der Waals surface area contributed by atoms with E-state index in [4.69, 9.17) is 0 Å². The first-order valence-corrected chi connectivity index (χ1v) is 6.13. The van der Waals surface area contributed by atoms with Gasteiger partial charge in [-0.2, -0.15) is 0 Å². The number of hydrogen-bond donors (Lipinski definition) is 2. The maximum absolute atomic E-state index is 12.0. The minimum absolute atomic E-state index is 0.248. The van der Waals surface area contributed by atoms with Gasteiger partial charge in [0.1, 0.15) is 0 Å². The third-order valence-corrected chi connectivity index (χ3v) is 2.84. The number of carbonyl (C=O) groups is 1. The number of rotatable bonds is 3. The third kappa shape index (κ3) is 3.55. The number of nitrogens with one attached hydrogen (secondary N) is 2. The molecule has 2 amide bonds. The van der Waals surface area contributed by atoms with Gasteiger partial charge in [-0.05, 0) is 31.5 Å². The first kappa shape index (κ1) is 13.1. The molecule has 0 saturated carbocycles. The van der Waals surface area contributed by atoms with E-state index in [0.29, 0.717) is 5.69 Å². The normalized spacial score (nSPS) is 10.8. The van der Waals surface area contributed by atoms with Gasteiger partial charge in [0.25, 0.3) is 0 Å². The Hall–Kier alpha value is -2.36. The predicted octanol–water partition coefficient (Wildman–Crippen LogP) is 3.14. The van der Waals surface area contributed by atoms with Gasteiger partial charge >= 0.3 is 6.03 Å². The molecule has 1 aromatic heterocycles. The molecule has 2 N–H and O–H groups in total. The van der Waals surface area contributed by atoms with Crippen molar-refractivity contribution in [1.82, 2.24) is 10.3 Å². The monoisotopic (exact) mass is 255 g/mol. The quantitative estimate of drug-likeness (QED) is 0.885. The van der Waals surface area contributed by atoms with Gasteiger partial charge in [-0.15, -0.1) is 0 Å². The molecule has 98 valence electrons. The highest BCUT2D eigenvalue weighted by molar-refractivity contribution is 5.89. The number of urea groups is 1. The van der Waals surface area contributed by atoms with Gasteiger partial charge < -0.3 is 10.6 Å². The van der Waals surface area contributed by atoms with Crippen LogP contribution < -0.4 is 10.6 Å². The molecule has 0 aliphatic heterocycles. The Morgan fingerprint density at radius 2 is 1.84 bits per heavy atom. The molecule has 2 aromatic rings. The van der Waals surface area contributed by atoms with Crippen LogP contribution in [0, 0.1) is 0 Å². The zero-order valence-electron chi connectivity index (χ0n) is 11.1. The van der Waals surface area contributed by atoms with Gasteiger partial charge in [0, 0.05) is 6.20 Å². The summed E-state index contributed by atoms with van der Waals surface area (Å²) in [6.07, 6.45) is 3.27. The van der Waals surface area contributed by atoms with Crippen LogP contribution in [-0.2, 0) is 5.54 Å². The standard InChI is InChI=1S/C15H17N3O/c1-15(2,12-7-4-3-5-8-12)18-14(19)17-13-9-6-10-16-11-13/h3-11H,1-2H3,(H2,17,18,19). The highest BCUT2D eigenvalue weighted by Crippen LogP contribution is 2.19. The van der Waals surface area contributed by atoms with Crippen molar-refractivity contribution >= 4 is 11.7 Å². The van der Waals surface area contributed by atoms with E-state index in [1.54, 1.807) is 24.5 Å². The van der Waals surface area contributed by atoms with E-state index in [9.17, 15) is 4.79 Å². The first-order valence-electron chi connectivity index (χ1n) is 6.13. The van der Waals surface area contributed by atoms with Crippen molar-refractivity contribution in [3.63, 3.8) is 0 Å². The lowest BCUT2D eigenvalue weighted by molar-refractivity contribution is 0.242. The molecule has 0 saturated heterocycles. The molecule has 0 radical (unpaired) electrons. The smallest absolute Gasteiger partial charge is 0.319 e. The Kier molecular flexibility index (Phi) is 3.80. The zero-order chi connectivity index (χ0) is 13.7. The summed E-state index contributed by atoms with van der Waals surface area (Å²) in [5.74, 6) is 0. The second kappa shape index (κ2) is 5.52. The SMILES string of the molecule is CC(C)(NC(=O)Nc1cccnc1)c1ccccc1. The fourth-order valence-electron chi connectivity index (χ4n) is 1.81. The number of benzene rings is 1. The molecule has 0 atom stereocenters. The molecule has 0 fully saturated rings. The van der Waals surface area contributed by atoms with Crippen molar-refractivity contribution in [2.24, 2.45) is 0 Å². The number of nitrogens with zero attached hydrogens (tertiary/aromatic N) is 1. The van der Waals surface area contributed by atoms with E-state index in [2.05, 4.69) is 15.6 Å². The van der Waals surface area contributed by atoms with Crippen LogP contribution >= 0.6 is 0 Å². The summed E-state index contributed by atoms with van der Waals surface area (Å²) >= 11 is 0. The summed E-state index contributed by atoms with van der Waals surface area (Å²) < 4.78 is 0. The van der Waals surface area contributed by atoms with Gasteiger partial charge in [0.2, 0.25) is 0 Å². The fraction of sp³-hybridized carbons (Fsp3) is 0.200. The highest BCUT2D eigenvalue weighted by atomic mass is 16.2. The van der Waals surface area contributed by atoms with E-state index in [0.717, 1.165) is 5.56 Å². The van der Waals surface area contributed by atoms with Crippen LogP contribution in [-0.4, -0.2) is 11.0 Å². The van der Waals surface area contributed by atoms with E-state index >= 15 is 0 Å². The van der Waals surface area contributed by atoms with Crippen LogP contribution in [0.1, 0.15) is 19.4 Å². The lowest BCUT2D eigenvalue weighted by Gasteiger charge is -2.27. The first-order chi connectivity index (χ1) is 9.08. The van der Waals surface area contributed by atoms with Crippen molar-refractivity contribution in [2.75, 3.05) is 5.32 Å². The lowest BCUT2D eigenvalue weighted by atomic mass is 9.95. The average molecular weight is 255 g/mol. The van der Waals surface area contributed by atoms with Crippen molar-refractivity contribution < 1.29 is 4.79 Å². The van der Waals surface area contributed by atoms with Crippen molar-refractivity contribution in [3.8, 4) is 0 Å². The summed E-state index contributed by atoms with van der Waals surface area (Å²) in [5.41, 5.74) is 1.29. The summed E-state index contributed by atoms with van der Waals surface area (Å²) in [4.78, 5) is 15.9. The van der Waals surface area contributed by atoms with Crippen LogP contribution in [0.2, 0.25) is 0 Å². The summed E-state index contributed by atoms with van der Waals surface area (Å²) in [5, 5.41) is 5.70. The van der Waals surface area contributed by atoms with E-state index in [-0.39, 0.29) is 6.03 Å². The molecular formula is C15H17N3O. The maximum Gasteiger partial charge on any atom is 0.319 e. The number of hydrogen-bond acceptors (Lipinski definition) is 2. The van der Waals surface area contributed by atoms with Crippen LogP contribution in [0.15, 0.2) is 54.9 Å². The highest BCUT2D eigenvalue weighted by Gasteiger charge is 2.22. The number of pyridine rings is 1. The second-order valence-electron chi connectivity index (χ2n) is 4.81. The lowest BCUT2D eigenvalue weighted by Crippen LogP contribution is -2.43. The number of anilines is 1. The maximum atomic E-state index is 12.0. The Morgan fingerprint density at radius 3 is 2.47 bits per heavy atom. The summed E-state index contributed by atoms with van der Waals surface area (Å²) in [6, 6.07) is 13.2. The zero-order valence-corrected chi connectivity index (χ0v) is 11.1. The average Bonchev–Trinajstić information content (AvgIpc) is 2.40. The number of aromatic nitrogens is 1. The summed E-state index contributed by atoms with van der Waals surface area (Å²) in [6.45, 7) is 3.93. The molecule has 0 aliphatic rings. The minimum atomic E-state index is -0.437. The van der Waals surface area contributed by atoms with E-state index < -0.39 is 5.54 Å². The van der Waals surface area contributed by atoms with Crippen molar-refractivity contribution in [2.45, 2.75) is 19.4 Å². The van der Waals surface area contributed by atoms with Crippen LogP contribution in [0.5, 0.6) is 0 Å². The van der Waals surface area contributed by atoms with Crippen molar-refractivity contribution in [1.29, 1.82) is 0 Å². The Balaban J connectivity index is 2.02. The molecule has 0 spiro atoms. The minimum Gasteiger partial charge on any atom is -0.329 e. The Labute approximate surface area is 112 Å². The molecule has 1 heterocycles. The molecule has 0 unspecified atom stereocenters. The van der Waals surface area contributed by atoms with E-state index in [1.807, 2.05) is 44.2 Å². The van der Waals surface area contributed by atoms with Gasteiger partial charge in [-0.25, -0.2) is 4.79 Å². The molecule has 0 aliphatic carbocycles.